The Balaban J connectivity index is 1.78. The monoisotopic (exact) mass is 404 g/mol. The zero-order chi connectivity index (χ0) is 19.7. The van der Waals surface area contributed by atoms with E-state index in [0.29, 0.717) is 23.3 Å². The molecule has 0 radical (unpaired) electrons. The number of halogens is 3. The predicted molar refractivity (Wildman–Crippen MR) is 107 cm³/mol. The molecule has 28 heavy (non-hydrogen) atoms. The highest BCUT2D eigenvalue weighted by Gasteiger charge is 2.23. The first-order valence-corrected chi connectivity index (χ1v) is 10.1. The lowest BCUT2D eigenvalue weighted by Gasteiger charge is -2.33. The summed E-state index contributed by atoms with van der Waals surface area (Å²) >= 11 is 0. The Morgan fingerprint density at radius 3 is 2.54 bits per heavy atom. The molecule has 4 rings (SSSR count). The molecule has 0 saturated carbocycles. The molecule has 1 aliphatic heterocycles. The van der Waals surface area contributed by atoms with Crippen molar-refractivity contribution in [1.29, 1.82) is 0 Å². The van der Waals surface area contributed by atoms with Crippen LogP contribution in [0.1, 0.15) is 19.3 Å². The van der Waals surface area contributed by atoms with Gasteiger partial charge in [-0.1, -0.05) is 0 Å². The Bertz CT molecular complexity index is 1010. The van der Waals surface area contributed by atoms with Gasteiger partial charge < -0.3 is 4.90 Å². The van der Waals surface area contributed by atoms with Crippen molar-refractivity contribution in [1.82, 2.24) is 15.0 Å². The lowest BCUT2D eigenvalue weighted by molar-refractivity contribution is 0.396. The molecular weight excluding hydrogens is 384 g/mol. The summed E-state index contributed by atoms with van der Waals surface area (Å²) in [6.45, 7) is 1.66. The zero-order valence-corrected chi connectivity index (χ0v) is 16.4. The summed E-state index contributed by atoms with van der Waals surface area (Å²) in [5.41, 5.74) is 0.433. The van der Waals surface area contributed by atoms with E-state index in [2.05, 4.69) is 29.1 Å². The van der Waals surface area contributed by atoms with E-state index in [1.54, 1.807) is 18.5 Å². The number of aromatic nitrogens is 3. The molecule has 1 atom stereocenters. The van der Waals surface area contributed by atoms with Gasteiger partial charge in [-0.25, -0.2) is 23.1 Å². The second-order valence-corrected chi connectivity index (χ2v) is 7.59. The number of hydrogen-bond donors (Lipinski definition) is 0. The highest BCUT2D eigenvalue weighted by atomic mass is 31.0. The average Bonchev–Trinajstić information content (AvgIpc) is 2.71. The normalized spacial score (nSPS) is 15.4. The molecule has 4 nitrogen and oxygen atoms in total. The summed E-state index contributed by atoms with van der Waals surface area (Å²) in [4.78, 5) is 15.2. The number of pyridine rings is 1. The van der Waals surface area contributed by atoms with E-state index in [1.165, 1.54) is 6.42 Å². The van der Waals surface area contributed by atoms with Gasteiger partial charge in [-0.15, -0.1) is 9.24 Å². The van der Waals surface area contributed by atoms with Crippen LogP contribution in [0.25, 0.3) is 22.3 Å². The number of anilines is 1. The van der Waals surface area contributed by atoms with Crippen molar-refractivity contribution in [2.24, 2.45) is 5.92 Å². The summed E-state index contributed by atoms with van der Waals surface area (Å²) < 4.78 is 41.3. The van der Waals surface area contributed by atoms with Crippen LogP contribution >= 0.6 is 9.24 Å². The minimum absolute atomic E-state index is 0.0391. The van der Waals surface area contributed by atoms with Crippen LogP contribution in [-0.2, 0) is 0 Å². The minimum Gasteiger partial charge on any atom is -0.356 e. The molecule has 3 aromatic rings. The van der Waals surface area contributed by atoms with Gasteiger partial charge in [-0.05, 0) is 43.5 Å². The molecule has 0 spiro atoms. The van der Waals surface area contributed by atoms with E-state index in [4.69, 9.17) is 0 Å². The average molecular weight is 404 g/mol. The fourth-order valence-electron chi connectivity index (χ4n) is 3.68. The number of hydrogen-bond acceptors (Lipinski definition) is 4. The first-order chi connectivity index (χ1) is 13.6. The van der Waals surface area contributed by atoms with E-state index in [1.807, 2.05) is 0 Å². The fourth-order valence-corrected chi connectivity index (χ4v) is 4.15. The minimum atomic E-state index is -1.23. The highest BCUT2D eigenvalue weighted by Crippen LogP contribution is 2.32. The van der Waals surface area contributed by atoms with Crippen molar-refractivity contribution in [3.63, 3.8) is 0 Å². The van der Waals surface area contributed by atoms with Gasteiger partial charge >= 0.3 is 0 Å². The molecule has 1 saturated heterocycles. The summed E-state index contributed by atoms with van der Waals surface area (Å²) in [6, 6.07) is 3.05. The maximum atomic E-state index is 14.3. The fraction of sp³-hybridized carbons (Fsp3) is 0.350. The maximum Gasteiger partial charge on any atom is 0.165 e. The molecular formula is C20H20F3N4P. The van der Waals surface area contributed by atoms with Crippen molar-refractivity contribution >= 4 is 26.0 Å². The second-order valence-electron chi connectivity index (χ2n) is 7.02. The molecule has 0 aliphatic carbocycles. The Hall–Kier alpha value is -2.27. The van der Waals surface area contributed by atoms with E-state index < -0.39 is 17.5 Å². The highest BCUT2D eigenvalue weighted by molar-refractivity contribution is 7.16. The van der Waals surface area contributed by atoms with Crippen LogP contribution in [-0.4, -0.2) is 34.2 Å². The van der Waals surface area contributed by atoms with Crippen molar-refractivity contribution in [2.45, 2.75) is 19.3 Å². The van der Waals surface area contributed by atoms with Gasteiger partial charge in [-0.3, -0.25) is 4.98 Å². The number of benzene rings is 1. The number of rotatable bonds is 4. The summed E-state index contributed by atoms with van der Waals surface area (Å²) in [6.07, 6.45) is 7.64. The molecule has 0 bridgehead atoms. The molecule has 2 aromatic heterocycles. The topological polar surface area (TPSA) is 41.9 Å². The standard InChI is InChI=1S/C20H20F3N4P/c21-15-10-17(23)16(22)9-13(15)19-25-18-1-5-24-11-14(18)20(26-19)27-6-2-12(3-7-27)4-8-28/h1,5,9-12H,2-4,6-8,28H2. The first kappa shape index (κ1) is 19.1. The Morgan fingerprint density at radius 2 is 1.79 bits per heavy atom. The molecule has 8 heteroatoms. The van der Waals surface area contributed by atoms with Gasteiger partial charge in [0.25, 0.3) is 0 Å². The lowest BCUT2D eigenvalue weighted by atomic mass is 9.94. The molecule has 0 N–H and O–H groups in total. The van der Waals surface area contributed by atoms with Crippen LogP contribution < -0.4 is 4.90 Å². The van der Waals surface area contributed by atoms with Crippen molar-refractivity contribution in [3.8, 4) is 11.4 Å². The number of fused-ring (bicyclic) bond motifs is 1. The quantitative estimate of drug-likeness (QED) is 0.471. The van der Waals surface area contributed by atoms with Gasteiger partial charge in [0.1, 0.15) is 11.6 Å². The van der Waals surface area contributed by atoms with Gasteiger partial charge in [-0.2, -0.15) is 0 Å². The van der Waals surface area contributed by atoms with Crippen LogP contribution in [0.15, 0.2) is 30.6 Å². The smallest absolute Gasteiger partial charge is 0.165 e. The predicted octanol–water partition coefficient (Wildman–Crippen LogP) is 4.59. The van der Waals surface area contributed by atoms with E-state index in [-0.39, 0.29) is 11.4 Å². The van der Waals surface area contributed by atoms with Gasteiger partial charge in [0, 0.05) is 31.5 Å². The maximum absolute atomic E-state index is 14.3. The second kappa shape index (κ2) is 8.00. The SMILES string of the molecule is Fc1cc(F)c(-c2nc(N3CCC(CCP)CC3)c3cnccc3n2)cc1F. The van der Waals surface area contributed by atoms with Crippen molar-refractivity contribution in [3.05, 3.63) is 48.0 Å². The van der Waals surface area contributed by atoms with Crippen LogP contribution in [0.2, 0.25) is 0 Å². The third-order valence-corrected chi connectivity index (χ3v) is 5.55. The molecule has 1 unspecified atom stereocenters. The Kier molecular flexibility index (Phi) is 5.44. The molecule has 146 valence electrons. The lowest BCUT2D eigenvalue weighted by Crippen LogP contribution is -2.34. The third-order valence-electron chi connectivity index (χ3n) is 5.22. The van der Waals surface area contributed by atoms with Crippen LogP contribution in [0.4, 0.5) is 19.0 Å². The first-order valence-electron chi connectivity index (χ1n) is 9.28. The van der Waals surface area contributed by atoms with Crippen LogP contribution in [0, 0.1) is 23.4 Å². The largest absolute Gasteiger partial charge is 0.356 e. The van der Waals surface area contributed by atoms with E-state index >= 15 is 0 Å². The van der Waals surface area contributed by atoms with E-state index in [9.17, 15) is 13.2 Å². The van der Waals surface area contributed by atoms with Crippen LogP contribution in [0.3, 0.4) is 0 Å². The van der Waals surface area contributed by atoms with Gasteiger partial charge in [0.15, 0.2) is 17.5 Å². The number of piperidine rings is 1. The van der Waals surface area contributed by atoms with Crippen molar-refractivity contribution < 1.29 is 13.2 Å². The van der Waals surface area contributed by atoms with E-state index in [0.717, 1.165) is 43.5 Å². The Morgan fingerprint density at radius 1 is 1.04 bits per heavy atom. The molecule has 1 fully saturated rings. The summed E-state index contributed by atoms with van der Waals surface area (Å²) in [7, 11) is 2.77. The third kappa shape index (κ3) is 3.68. The zero-order valence-electron chi connectivity index (χ0n) is 15.2. The summed E-state index contributed by atoms with van der Waals surface area (Å²) in [5.74, 6) is -1.88. The molecule has 1 aromatic carbocycles. The van der Waals surface area contributed by atoms with Gasteiger partial charge in [0.2, 0.25) is 0 Å². The van der Waals surface area contributed by atoms with Gasteiger partial charge in [0.05, 0.1) is 16.5 Å². The molecule has 0 amide bonds. The summed E-state index contributed by atoms with van der Waals surface area (Å²) in [5, 5.41) is 0.763. The Labute approximate surface area is 163 Å². The molecule has 3 heterocycles. The molecule has 1 aliphatic rings. The van der Waals surface area contributed by atoms with Crippen LogP contribution in [0.5, 0.6) is 0 Å². The van der Waals surface area contributed by atoms with Crippen molar-refractivity contribution in [2.75, 3.05) is 24.2 Å². The number of nitrogens with zero attached hydrogens (tertiary/aromatic N) is 4.